The van der Waals surface area contributed by atoms with Gasteiger partial charge in [-0.05, 0) is 45.3 Å². The van der Waals surface area contributed by atoms with Crippen molar-refractivity contribution in [2.24, 2.45) is 0 Å². The van der Waals surface area contributed by atoms with E-state index in [1.807, 2.05) is 27.7 Å². The summed E-state index contributed by atoms with van der Waals surface area (Å²) >= 11 is 3.24. The molecule has 0 bridgehead atoms. The first kappa shape index (κ1) is 14.9. The third-order valence-corrected chi connectivity index (χ3v) is 4.18. The van der Waals surface area contributed by atoms with Crippen molar-refractivity contribution in [3.63, 3.8) is 0 Å². The summed E-state index contributed by atoms with van der Waals surface area (Å²) in [6, 6.07) is 4.57. The minimum absolute atomic E-state index is 0.0425. The molecule has 0 unspecified atom stereocenters. The quantitative estimate of drug-likeness (QED) is 0.769. The maximum atomic E-state index is 12.8. The molecule has 19 heavy (non-hydrogen) atoms. The van der Waals surface area contributed by atoms with E-state index in [1.165, 1.54) is 12.1 Å². The van der Waals surface area contributed by atoms with Gasteiger partial charge in [-0.1, -0.05) is 22.0 Å². The fourth-order valence-electron chi connectivity index (χ4n) is 1.88. The molecule has 6 heteroatoms. The first-order valence-corrected chi connectivity index (χ1v) is 6.86. The zero-order valence-corrected chi connectivity index (χ0v) is 12.9. The molecule has 0 radical (unpaired) electrons. The normalized spacial score (nSPS) is 21.2. The highest BCUT2D eigenvalue weighted by molar-refractivity contribution is 9.10. The van der Waals surface area contributed by atoms with Gasteiger partial charge in [-0.3, -0.25) is 0 Å². The van der Waals surface area contributed by atoms with Crippen LogP contribution in [0.4, 0.5) is 8.78 Å². The van der Waals surface area contributed by atoms with Crippen LogP contribution in [0, 0.1) is 0 Å². The summed E-state index contributed by atoms with van der Waals surface area (Å²) in [5.74, 6) is 0. The van der Waals surface area contributed by atoms with Gasteiger partial charge in [0.25, 0.3) is 6.43 Å². The lowest BCUT2D eigenvalue weighted by molar-refractivity contribution is 0.00578. The van der Waals surface area contributed by atoms with Gasteiger partial charge in [0.15, 0.2) is 0 Å². The van der Waals surface area contributed by atoms with E-state index in [-0.39, 0.29) is 5.56 Å². The Hall–Kier alpha value is -0.455. The molecule has 0 amide bonds. The average molecular weight is 333 g/mol. The Labute approximate surface area is 120 Å². The predicted octanol–water partition coefficient (Wildman–Crippen LogP) is 3.69. The fourth-order valence-corrected chi connectivity index (χ4v) is 2.41. The Kier molecular flexibility index (Phi) is 3.80. The fraction of sp³-hybridized carbons (Fsp3) is 0.538. The summed E-state index contributed by atoms with van der Waals surface area (Å²) in [4.78, 5) is 0. The van der Waals surface area contributed by atoms with Crippen molar-refractivity contribution in [1.29, 1.82) is 0 Å². The second kappa shape index (κ2) is 4.83. The molecule has 0 atom stereocenters. The van der Waals surface area contributed by atoms with Crippen molar-refractivity contribution in [3.05, 3.63) is 28.2 Å². The van der Waals surface area contributed by atoms with Gasteiger partial charge in [0.05, 0.1) is 11.2 Å². The zero-order chi connectivity index (χ0) is 14.4. The topological polar surface area (TPSA) is 18.5 Å². The van der Waals surface area contributed by atoms with Crippen LogP contribution in [-0.4, -0.2) is 18.3 Å². The van der Waals surface area contributed by atoms with Crippen LogP contribution in [-0.2, 0) is 9.31 Å². The third kappa shape index (κ3) is 2.85. The Morgan fingerprint density at radius 2 is 1.58 bits per heavy atom. The Bertz CT molecular complexity index is 476. The molecule has 0 N–H and O–H groups in total. The molecule has 1 aliphatic heterocycles. The minimum Gasteiger partial charge on any atom is -0.399 e. The Morgan fingerprint density at radius 1 is 1.05 bits per heavy atom. The molecule has 104 valence electrons. The molecule has 1 aromatic rings. The van der Waals surface area contributed by atoms with E-state index in [1.54, 1.807) is 6.07 Å². The molecule has 0 saturated carbocycles. The SMILES string of the molecule is CC1(C)OB(c2cc(Br)cc(C(F)F)c2)OC1(C)C. The summed E-state index contributed by atoms with van der Waals surface area (Å²) in [6.07, 6.45) is -2.52. The van der Waals surface area contributed by atoms with Gasteiger partial charge >= 0.3 is 7.12 Å². The van der Waals surface area contributed by atoms with Gasteiger partial charge < -0.3 is 9.31 Å². The van der Waals surface area contributed by atoms with E-state index in [4.69, 9.17) is 9.31 Å². The van der Waals surface area contributed by atoms with Gasteiger partial charge in [0, 0.05) is 10.0 Å². The summed E-state index contributed by atoms with van der Waals surface area (Å²) < 4.78 is 37.9. The van der Waals surface area contributed by atoms with E-state index in [0.717, 1.165) is 0 Å². The number of halogens is 3. The monoisotopic (exact) mass is 332 g/mol. The number of alkyl halides is 2. The van der Waals surface area contributed by atoms with E-state index in [2.05, 4.69) is 15.9 Å². The van der Waals surface area contributed by atoms with Gasteiger partial charge in [-0.25, -0.2) is 8.78 Å². The molecule has 0 aromatic heterocycles. The maximum absolute atomic E-state index is 12.8. The lowest BCUT2D eigenvalue weighted by Crippen LogP contribution is -2.41. The van der Waals surface area contributed by atoms with E-state index < -0.39 is 24.7 Å². The van der Waals surface area contributed by atoms with Crippen LogP contribution in [0.1, 0.15) is 39.7 Å². The number of benzene rings is 1. The lowest BCUT2D eigenvalue weighted by atomic mass is 9.78. The molecule has 1 fully saturated rings. The largest absolute Gasteiger partial charge is 0.494 e. The average Bonchev–Trinajstić information content (AvgIpc) is 2.47. The van der Waals surface area contributed by atoms with Crippen LogP contribution in [0.2, 0.25) is 0 Å². The number of hydrogen-bond donors (Lipinski definition) is 0. The highest BCUT2D eigenvalue weighted by Gasteiger charge is 2.51. The van der Waals surface area contributed by atoms with Crippen molar-refractivity contribution >= 4 is 28.5 Å². The van der Waals surface area contributed by atoms with E-state index in [9.17, 15) is 8.78 Å². The van der Waals surface area contributed by atoms with Crippen molar-refractivity contribution in [2.45, 2.75) is 45.3 Å². The van der Waals surface area contributed by atoms with Crippen LogP contribution in [0.25, 0.3) is 0 Å². The lowest BCUT2D eigenvalue weighted by Gasteiger charge is -2.32. The molecule has 1 aliphatic rings. The first-order valence-electron chi connectivity index (χ1n) is 6.06. The molecule has 1 saturated heterocycles. The molecule has 2 rings (SSSR count). The third-order valence-electron chi connectivity index (χ3n) is 3.72. The number of rotatable bonds is 2. The van der Waals surface area contributed by atoms with Crippen molar-refractivity contribution < 1.29 is 18.1 Å². The molecule has 0 spiro atoms. The predicted molar refractivity (Wildman–Crippen MR) is 74.8 cm³/mol. The van der Waals surface area contributed by atoms with Crippen LogP contribution in [0.3, 0.4) is 0 Å². The van der Waals surface area contributed by atoms with Crippen LogP contribution in [0.5, 0.6) is 0 Å². The molecular weight excluding hydrogens is 317 g/mol. The summed E-state index contributed by atoms with van der Waals surface area (Å²) in [6.45, 7) is 7.72. The Balaban J connectivity index is 2.34. The van der Waals surface area contributed by atoms with Crippen LogP contribution < -0.4 is 5.46 Å². The van der Waals surface area contributed by atoms with Crippen molar-refractivity contribution in [1.82, 2.24) is 0 Å². The van der Waals surface area contributed by atoms with E-state index >= 15 is 0 Å². The van der Waals surface area contributed by atoms with Crippen LogP contribution in [0.15, 0.2) is 22.7 Å². The van der Waals surface area contributed by atoms with Crippen LogP contribution >= 0.6 is 15.9 Å². The minimum atomic E-state index is -2.52. The second-order valence-electron chi connectivity index (χ2n) is 5.71. The van der Waals surface area contributed by atoms with Crippen molar-refractivity contribution in [3.8, 4) is 0 Å². The molecule has 1 heterocycles. The van der Waals surface area contributed by atoms with Gasteiger partial charge in [-0.2, -0.15) is 0 Å². The van der Waals surface area contributed by atoms with Gasteiger partial charge in [0.1, 0.15) is 0 Å². The second-order valence-corrected chi connectivity index (χ2v) is 6.62. The Morgan fingerprint density at radius 3 is 2.05 bits per heavy atom. The van der Waals surface area contributed by atoms with Gasteiger partial charge in [-0.15, -0.1) is 0 Å². The first-order chi connectivity index (χ1) is 8.62. The molecule has 2 nitrogen and oxygen atoms in total. The summed E-state index contributed by atoms with van der Waals surface area (Å²) in [7, 11) is -0.625. The van der Waals surface area contributed by atoms with E-state index in [0.29, 0.717) is 9.94 Å². The highest BCUT2D eigenvalue weighted by Crippen LogP contribution is 2.36. The van der Waals surface area contributed by atoms with Gasteiger partial charge in [0.2, 0.25) is 0 Å². The maximum Gasteiger partial charge on any atom is 0.494 e. The highest BCUT2D eigenvalue weighted by atomic mass is 79.9. The number of hydrogen-bond acceptors (Lipinski definition) is 2. The standard InChI is InChI=1S/C13H16BBrF2O2/c1-12(2)13(3,4)19-14(18-12)9-5-8(11(16)17)6-10(15)7-9/h5-7,11H,1-4H3. The summed E-state index contributed by atoms with van der Waals surface area (Å²) in [5, 5.41) is 0. The smallest absolute Gasteiger partial charge is 0.399 e. The zero-order valence-electron chi connectivity index (χ0n) is 11.3. The van der Waals surface area contributed by atoms with Crippen molar-refractivity contribution in [2.75, 3.05) is 0 Å². The molecule has 1 aromatic carbocycles. The molecular formula is C13H16BBrF2O2. The summed E-state index contributed by atoms with van der Waals surface area (Å²) in [5.41, 5.74) is -0.405. The molecule has 0 aliphatic carbocycles.